The summed E-state index contributed by atoms with van der Waals surface area (Å²) in [5.74, 6) is 0. The van der Waals surface area contributed by atoms with Gasteiger partial charge in [0.15, 0.2) is 0 Å². The highest BCUT2D eigenvalue weighted by Gasteiger charge is 2.29. The van der Waals surface area contributed by atoms with Gasteiger partial charge in [-0.05, 0) is 51.9 Å². The van der Waals surface area contributed by atoms with E-state index in [4.69, 9.17) is 4.74 Å². The molecule has 1 rings (SSSR count). The predicted octanol–water partition coefficient (Wildman–Crippen LogP) is 3.80. The molecule has 1 N–H and O–H groups in total. The molecule has 0 aromatic rings. The Labute approximate surface area is 130 Å². The zero-order valence-electron chi connectivity index (χ0n) is 15.0. The molecule has 4 nitrogen and oxygen atoms in total. The molecule has 4 heteroatoms. The second kappa shape index (κ2) is 6.99. The van der Waals surface area contributed by atoms with Crippen molar-refractivity contribution < 1.29 is 9.53 Å². The number of nitrogens with one attached hydrogen (secondary N) is 1. The summed E-state index contributed by atoms with van der Waals surface area (Å²) < 4.78 is 5.44. The Morgan fingerprint density at radius 2 is 1.62 bits per heavy atom. The van der Waals surface area contributed by atoms with E-state index in [9.17, 15) is 4.79 Å². The molecule has 0 radical (unpaired) electrons. The van der Waals surface area contributed by atoms with Crippen LogP contribution in [0.1, 0.15) is 67.2 Å². The van der Waals surface area contributed by atoms with Crippen LogP contribution in [0.25, 0.3) is 0 Å². The van der Waals surface area contributed by atoms with E-state index in [1.165, 1.54) is 0 Å². The summed E-state index contributed by atoms with van der Waals surface area (Å²) in [5.41, 5.74) is -0.0963. The molecule has 0 saturated heterocycles. The maximum Gasteiger partial charge on any atom is 0.410 e. The van der Waals surface area contributed by atoms with Gasteiger partial charge in [-0.1, -0.05) is 20.8 Å². The fraction of sp³-hybridized carbons (Fsp3) is 0.941. The first-order valence-corrected chi connectivity index (χ1v) is 8.17. The van der Waals surface area contributed by atoms with Crippen molar-refractivity contribution in [1.29, 1.82) is 0 Å². The van der Waals surface area contributed by atoms with E-state index >= 15 is 0 Å². The van der Waals surface area contributed by atoms with Gasteiger partial charge in [0.25, 0.3) is 0 Å². The minimum Gasteiger partial charge on any atom is -0.444 e. The van der Waals surface area contributed by atoms with Crippen LogP contribution in [-0.4, -0.2) is 42.3 Å². The molecule has 0 aromatic carbocycles. The second-order valence-corrected chi connectivity index (χ2v) is 8.54. The molecule has 0 spiro atoms. The summed E-state index contributed by atoms with van der Waals surface area (Å²) in [7, 11) is 1.86. The normalized spacial score (nSPS) is 23.8. The minimum absolute atomic E-state index is 0.200. The molecule has 0 heterocycles. The summed E-state index contributed by atoms with van der Waals surface area (Å²) >= 11 is 0. The molecule has 1 aliphatic carbocycles. The van der Waals surface area contributed by atoms with Crippen LogP contribution in [0.5, 0.6) is 0 Å². The van der Waals surface area contributed by atoms with Crippen LogP contribution in [0.3, 0.4) is 0 Å². The molecule has 1 fully saturated rings. The van der Waals surface area contributed by atoms with Gasteiger partial charge in [0.2, 0.25) is 0 Å². The molecule has 124 valence electrons. The lowest BCUT2D eigenvalue weighted by molar-refractivity contribution is 0.0179. The largest absolute Gasteiger partial charge is 0.444 e. The molecule has 0 atom stereocenters. The monoisotopic (exact) mass is 298 g/mol. The van der Waals surface area contributed by atoms with E-state index in [0.717, 1.165) is 32.2 Å². The van der Waals surface area contributed by atoms with Crippen molar-refractivity contribution in [2.75, 3.05) is 13.6 Å². The fourth-order valence-electron chi connectivity index (χ4n) is 2.60. The van der Waals surface area contributed by atoms with Crippen molar-refractivity contribution >= 4 is 6.09 Å². The molecule has 0 bridgehead atoms. The van der Waals surface area contributed by atoms with Gasteiger partial charge < -0.3 is 15.0 Å². The average molecular weight is 298 g/mol. The van der Waals surface area contributed by atoms with E-state index < -0.39 is 5.60 Å². The number of hydrogen-bond acceptors (Lipinski definition) is 3. The van der Waals surface area contributed by atoms with Crippen molar-refractivity contribution in [3.8, 4) is 0 Å². The Balaban J connectivity index is 2.37. The number of amides is 1. The molecule has 1 aliphatic rings. The molecule has 1 saturated carbocycles. The van der Waals surface area contributed by atoms with Gasteiger partial charge >= 0.3 is 6.09 Å². The van der Waals surface area contributed by atoms with Crippen LogP contribution < -0.4 is 5.32 Å². The Kier molecular flexibility index (Phi) is 6.09. The first kappa shape index (κ1) is 18.3. The summed E-state index contributed by atoms with van der Waals surface area (Å²) in [6.07, 6.45) is 4.17. The lowest BCUT2D eigenvalue weighted by atomic mass is 9.89. The van der Waals surface area contributed by atoms with E-state index in [2.05, 4.69) is 26.1 Å². The van der Waals surface area contributed by atoms with E-state index in [0.29, 0.717) is 17.5 Å². The summed E-state index contributed by atoms with van der Waals surface area (Å²) in [4.78, 5) is 13.9. The van der Waals surface area contributed by atoms with Gasteiger partial charge in [-0.25, -0.2) is 4.79 Å². The first-order valence-electron chi connectivity index (χ1n) is 8.17. The zero-order valence-corrected chi connectivity index (χ0v) is 15.0. The highest BCUT2D eigenvalue weighted by Crippen LogP contribution is 2.24. The van der Waals surface area contributed by atoms with Crippen LogP contribution >= 0.6 is 0 Å². The number of nitrogens with zero attached hydrogens (tertiary/aromatic N) is 1. The first-order chi connectivity index (χ1) is 9.48. The van der Waals surface area contributed by atoms with Crippen molar-refractivity contribution in [3.05, 3.63) is 0 Å². The second-order valence-electron chi connectivity index (χ2n) is 8.54. The van der Waals surface area contributed by atoms with Crippen LogP contribution in [0, 0.1) is 5.41 Å². The van der Waals surface area contributed by atoms with Crippen LogP contribution in [0.4, 0.5) is 4.79 Å². The van der Waals surface area contributed by atoms with Crippen LogP contribution in [-0.2, 0) is 4.74 Å². The SMILES string of the molecule is CN(C(=O)OC(C)(C)C)C1CCC(NCC(C)(C)C)CC1. The summed E-state index contributed by atoms with van der Waals surface area (Å²) in [6.45, 7) is 13.5. The van der Waals surface area contributed by atoms with Gasteiger partial charge in [-0.3, -0.25) is 0 Å². The van der Waals surface area contributed by atoms with Crippen molar-refractivity contribution in [1.82, 2.24) is 10.2 Å². The summed E-state index contributed by atoms with van der Waals surface area (Å²) in [6, 6.07) is 0.903. The average Bonchev–Trinajstić information content (AvgIpc) is 2.33. The maximum atomic E-state index is 12.1. The third-order valence-corrected chi connectivity index (χ3v) is 3.85. The van der Waals surface area contributed by atoms with Gasteiger partial charge in [0.1, 0.15) is 5.60 Å². The van der Waals surface area contributed by atoms with Gasteiger partial charge in [0, 0.05) is 25.7 Å². The third-order valence-electron chi connectivity index (χ3n) is 3.85. The quantitative estimate of drug-likeness (QED) is 0.861. The Morgan fingerprint density at radius 1 is 1.10 bits per heavy atom. The lowest BCUT2D eigenvalue weighted by Gasteiger charge is -2.36. The molecule has 0 aliphatic heterocycles. The van der Waals surface area contributed by atoms with Gasteiger partial charge in [-0.2, -0.15) is 0 Å². The summed E-state index contributed by atoms with van der Waals surface area (Å²) in [5, 5.41) is 3.65. The molecule has 1 amide bonds. The Bertz CT molecular complexity index is 334. The lowest BCUT2D eigenvalue weighted by Crippen LogP contribution is -2.46. The Morgan fingerprint density at radius 3 is 2.05 bits per heavy atom. The number of carbonyl (C=O) groups is 1. The molecule has 0 aromatic heterocycles. The fourth-order valence-corrected chi connectivity index (χ4v) is 2.60. The minimum atomic E-state index is -0.420. The third kappa shape index (κ3) is 7.16. The van der Waals surface area contributed by atoms with E-state index in [-0.39, 0.29) is 6.09 Å². The number of rotatable bonds is 3. The Hall–Kier alpha value is -0.770. The number of hydrogen-bond donors (Lipinski definition) is 1. The van der Waals surface area contributed by atoms with Gasteiger partial charge in [-0.15, -0.1) is 0 Å². The van der Waals surface area contributed by atoms with E-state index in [1.54, 1.807) is 4.90 Å². The predicted molar refractivity (Wildman–Crippen MR) is 87.5 cm³/mol. The topological polar surface area (TPSA) is 41.6 Å². The standard InChI is InChI=1S/C17H34N2O2/c1-16(2,3)12-18-13-8-10-14(11-9-13)19(7)15(20)21-17(4,5)6/h13-14,18H,8-12H2,1-7H3. The molecule has 21 heavy (non-hydrogen) atoms. The van der Waals surface area contributed by atoms with Crippen LogP contribution in [0.2, 0.25) is 0 Å². The number of carbonyl (C=O) groups excluding carboxylic acids is 1. The smallest absolute Gasteiger partial charge is 0.410 e. The highest BCUT2D eigenvalue weighted by molar-refractivity contribution is 5.68. The maximum absolute atomic E-state index is 12.1. The molecular weight excluding hydrogens is 264 g/mol. The van der Waals surface area contributed by atoms with E-state index in [1.807, 2.05) is 27.8 Å². The van der Waals surface area contributed by atoms with Gasteiger partial charge in [0.05, 0.1) is 0 Å². The highest BCUT2D eigenvalue weighted by atomic mass is 16.6. The van der Waals surface area contributed by atoms with Crippen molar-refractivity contribution in [3.63, 3.8) is 0 Å². The van der Waals surface area contributed by atoms with Crippen molar-refractivity contribution in [2.45, 2.75) is 84.9 Å². The molecule has 0 unspecified atom stereocenters. The van der Waals surface area contributed by atoms with Crippen LogP contribution in [0.15, 0.2) is 0 Å². The number of ether oxygens (including phenoxy) is 1. The molecular formula is C17H34N2O2. The zero-order chi connectivity index (χ0) is 16.3. The van der Waals surface area contributed by atoms with Crippen molar-refractivity contribution in [2.24, 2.45) is 5.41 Å².